The number of halogens is 1. The van der Waals surface area contributed by atoms with Crippen LogP contribution in [-0.4, -0.2) is 29.7 Å². The van der Waals surface area contributed by atoms with E-state index in [1.807, 2.05) is 0 Å². The number of aromatic nitrogens is 1. The maximum Gasteiger partial charge on any atom is 0.356 e. The Morgan fingerprint density at radius 1 is 0.972 bits per heavy atom. The lowest BCUT2D eigenvalue weighted by Crippen LogP contribution is -2.34. The van der Waals surface area contributed by atoms with Gasteiger partial charge in [-0.3, -0.25) is 9.59 Å². The standard InChI is InChI=1S/C28H25ClN2O5/c1-4-23(26(32)30-19-13-15-20(35-3)16-14-19)36-28(34)25-24(17-9-11-18(29)12-10-17)21-7-5-6-8-22(21)27(33)31(25)2/h5-16,23H,4H2,1-3H3,(H,30,32). The fourth-order valence-corrected chi connectivity index (χ4v) is 4.14. The van der Waals surface area contributed by atoms with E-state index in [0.29, 0.717) is 38.4 Å². The molecule has 0 aliphatic heterocycles. The Kier molecular flexibility index (Phi) is 7.41. The molecule has 1 atom stereocenters. The van der Waals surface area contributed by atoms with Crippen LogP contribution in [0.25, 0.3) is 21.9 Å². The number of benzene rings is 3. The number of amides is 1. The molecule has 1 aromatic heterocycles. The fourth-order valence-electron chi connectivity index (χ4n) is 4.02. The van der Waals surface area contributed by atoms with Gasteiger partial charge in [-0.15, -0.1) is 0 Å². The first-order valence-electron chi connectivity index (χ1n) is 11.4. The van der Waals surface area contributed by atoms with Crippen LogP contribution in [0.15, 0.2) is 77.6 Å². The van der Waals surface area contributed by atoms with Gasteiger partial charge in [0, 0.05) is 28.7 Å². The van der Waals surface area contributed by atoms with Crippen molar-refractivity contribution in [3.63, 3.8) is 0 Å². The minimum absolute atomic E-state index is 0.0525. The van der Waals surface area contributed by atoms with Gasteiger partial charge in [0.1, 0.15) is 11.4 Å². The number of pyridine rings is 1. The molecule has 4 rings (SSSR count). The number of nitrogens with one attached hydrogen (secondary N) is 1. The number of nitrogens with zero attached hydrogens (tertiary/aromatic N) is 1. The summed E-state index contributed by atoms with van der Waals surface area (Å²) in [6.45, 7) is 1.74. The summed E-state index contributed by atoms with van der Waals surface area (Å²) in [7, 11) is 3.07. The summed E-state index contributed by atoms with van der Waals surface area (Å²) in [5, 5.41) is 4.36. The molecular formula is C28H25ClN2O5. The van der Waals surface area contributed by atoms with E-state index in [4.69, 9.17) is 21.1 Å². The average molecular weight is 505 g/mol. The summed E-state index contributed by atoms with van der Waals surface area (Å²) in [5.41, 5.74) is 1.46. The van der Waals surface area contributed by atoms with Crippen LogP contribution in [0.5, 0.6) is 5.75 Å². The normalized spacial score (nSPS) is 11.7. The quantitative estimate of drug-likeness (QED) is 0.338. The summed E-state index contributed by atoms with van der Waals surface area (Å²) in [5.74, 6) is -0.602. The number of esters is 1. The lowest BCUT2D eigenvalue weighted by Gasteiger charge is -2.20. The smallest absolute Gasteiger partial charge is 0.356 e. The van der Waals surface area contributed by atoms with Crippen LogP contribution >= 0.6 is 11.6 Å². The number of fused-ring (bicyclic) bond motifs is 1. The van der Waals surface area contributed by atoms with Crippen molar-refractivity contribution in [1.29, 1.82) is 0 Å². The molecule has 1 N–H and O–H groups in total. The zero-order valence-corrected chi connectivity index (χ0v) is 20.8. The van der Waals surface area contributed by atoms with E-state index in [0.717, 1.165) is 0 Å². The average Bonchev–Trinajstić information content (AvgIpc) is 2.90. The Hall–Kier alpha value is -4.10. The third-order valence-corrected chi connectivity index (χ3v) is 6.15. The van der Waals surface area contributed by atoms with Crippen molar-refractivity contribution in [2.75, 3.05) is 12.4 Å². The zero-order chi connectivity index (χ0) is 25.8. The van der Waals surface area contributed by atoms with Gasteiger partial charge in [-0.25, -0.2) is 4.79 Å². The Bertz CT molecular complexity index is 1480. The van der Waals surface area contributed by atoms with E-state index in [1.165, 1.54) is 11.6 Å². The van der Waals surface area contributed by atoms with Crippen molar-refractivity contribution in [3.8, 4) is 16.9 Å². The van der Waals surface area contributed by atoms with Gasteiger partial charge < -0.3 is 19.4 Å². The number of carbonyl (C=O) groups is 2. The van der Waals surface area contributed by atoms with E-state index < -0.39 is 18.0 Å². The highest BCUT2D eigenvalue weighted by Gasteiger charge is 2.27. The lowest BCUT2D eigenvalue weighted by molar-refractivity contribution is -0.124. The number of anilines is 1. The molecule has 0 radical (unpaired) electrons. The van der Waals surface area contributed by atoms with Crippen LogP contribution in [0.3, 0.4) is 0 Å². The van der Waals surface area contributed by atoms with Gasteiger partial charge in [0.15, 0.2) is 6.10 Å². The molecule has 36 heavy (non-hydrogen) atoms. The largest absolute Gasteiger partial charge is 0.497 e. The molecule has 1 amide bonds. The van der Waals surface area contributed by atoms with E-state index >= 15 is 0 Å². The zero-order valence-electron chi connectivity index (χ0n) is 20.1. The molecule has 7 nitrogen and oxygen atoms in total. The highest BCUT2D eigenvalue weighted by molar-refractivity contribution is 6.30. The summed E-state index contributed by atoms with van der Waals surface area (Å²) in [6.07, 6.45) is -0.829. The Morgan fingerprint density at radius 3 is 2.22 bits per heavy atom. The highest BCUT2D eigenvalue weighted by Crippen LogP contribution is 2.32. The van der Waals surface area contributed by atoms with Crippen LogP contribution in [0.1, 0.15) is 23.8 Å². The van der Waals surface area contributed by atoms with Crippen LogP contribution in [0.2, 0.25) is 5.02 Å². The predicted molar refractivity (Wildman–Crippen MR) is 141 cm³/mol. The summed E-state index contributed by atoms with van der Waals surface area (Å²) < 4.78 is 12.1. The SMILES string of the molecule is CCC(OC(=O)c1c(-c2ccc(Cl)cc2)c2ccccc2c(=O)n1C)C(=O)Nc1ccc(OC)cc1. The molecule has 0 fully saturated rings. The monoisotopic (exact) mass is 504 g/mol. The molecule has 0 aliphatic carbocycles. The van der Waals surface area contributed by atoms with Crippen molar-refractivity contribution in [2.24, 2.45) is 7.05 Å². The molecule has 0 saturated heterocycles. The molecule has 3 aromatic carbocycles. The highest BCUT2D eigenvalue weighted by atomic mass is 35.5. The van der Waals surface area contributed by atoms with Crippen molar-refractivity contribution in [2.45, 2.75) is 19.4 Å². The van der Waals surface area contributed by atoms with Crippen LogP contribution < -0.4 is 15.6 Å². The molecule has 0 bridgehead atoms. The molecule has 4 aromatic rings. The van der Waals surface area contributed by atoms with Crippen molar-refractivity contribution in [1.82, 2.24) is 4.57 Å². The van der Waals surface area contributed by atoms with Gasteiger partial charge in [0.05, 0.1) is 7.11 Å². The van der Waals surface area contributed by atoms with Crippen LogP contribution in [0, 0.1) is 0 Å². The maximum atomic E-state index is 13.5. The van der Waals surface area contributed by atoms with E-state index in [1.54, 1.807) is 86.8 Å². The first-order chi connectivity index (χ1) is 17.3. The Morgan fingerprint density at radius 2 is 1.61 bits per heavy atom. The van der Waals surface area contributed by atoms with E-state index in [2.05, 4.69) is 5.32 Å². The second-order valence-corrected chi connectivity index (χ2v) is 8.60. The van der Waals surface area contributed by atoms with Crippen molar-refractivity contribution >= 4 is 39.9 Å². The summed E-state index contributed by atoms with van der Waals surface area (Å²) in [4.78, 5) is 39.6. The van der Waals surface area contributed by atoms with Gasteiger partial charge >= 0.3 is 5.97 Å². The maximum absolute atomic E-state index is 13.5. The number of methoxy groups -OCH3 is 1. The number of hydrogen-bond acceptors (Lipinski definition) is 5. The molecular weight excluding hydrogens is 480 g/mol. The minimum Gasteiger partial charge on any atom is -0.497 e. The fraction of sp³-hybridized carbons (Fsp3) is 0.179. The molecule has 184 valence electrons. The second-order valence-electron chi connectivity index (χ2n) is 8.16. The van der Waals surface area contributed by atoms with E-state index in [-0.39, 0.29) is 17.7 Å². The summed E-state index contributed by atoms with van der Waals surface area (Å²) >= 11 is 6.08. The van der Waals surface area contributed by atoms with Crippen molar-refractivity contribution in [3.05, 3.63) is 93.9 Å². The summed E-state index contributed by atoms with van der Waals surface area (Å²) in [6, 6.07) is 20.8. The van der Waals surface area contributed by atoms with Gasteiger partial charge in [-0.05, 0) is 59.8 Å². The lowest BCUT2D eigenvalue weighted by atomic mass is 9.96. The number of rotatable bonds is 7. The molecule has 1 heterocycles. The topological polar surface area (TPSA) is 86.6 Å². The molecule has 0 spiro atoms. The van der Waals surface area contributed by atoms with Gasteiger partial charge in [-0.1, -0.05) is 48.9 Å². The van der Waals surface area contributed by atoms with Gasteiger partial charge in [-0.2, -0.15) is 0 Å². The van der Waals surface area contributed by atoms with Gasteiger partial charge in [0.2, 0.25) is 0 Å². The molecule has 0 aliphatic rings. The Labute approximate surface area is 213 Å². The number of hydrogen-bond donors (Lipinski definition) is 1. The van der Waals surface area contributed by atoms with Crippen molar-refractivity contribution < 1.29 is 19.1 Å². The second kappa shape index (κ2) is 10.7. The third kappa shape index (κ3) is 4.97. The van der Waals surface area contributed by atoms with Crippen LogP contribution in [0.4, 0.5) is 5.69 Å². The first-order valence-corrected chi connectivity index (χ1v) is 11.8. The first kappa shape index (κ1) is 25.0. The minimum atomic E-state index is -1.07. The van der Waals surface area contributed by atoms with Crippen LogP contribution in [-0.2, 0) is 16.6 Å². The number of ether oxygens (including phenoxy) is 2. The Balaban J connectivity index is 1.72. The molecule has 8 heteroatoms. The number of carbonyl (C=O) groups excluding carboxylic acids is 2. The molecule has 1 unspecified atom stereocenters. The van der Waals surface area contributed by atoms with Gasteiger partial charge in [0.25, 0.3) is 11.5 Å². The predicted octanol–water partition coefficient (Wildman–Crippen LogP) is 5.44. The third-order valence-electron chi connectivity index (χ3n) is 5.90. The molecule has 0 saturated carbocycles. The van der Waals surface area contributed by atoms with E-state index in [9.17, 15) is 14.4 Å².